The van der Waals surface area contributed by atoms with Gasteiger partial charge in [-0.05, 0) is 12.5 Å². The van der Waals surface area contributed by atoms with Crippen LogP contribution in [0.1, 0.15) is 19.0 Å². The molecule has 6 nitrogen and oxygen atoms in total. The first-order chi connectivity index (χ1) is 9.01. The third kappa shape index (κ3) is 3.28. The number of rotatable bonds is 5. The molecular formula is C11H13FN4O2S. The Hall–Kier alpha value is -1.96. The zero-order valence-corrected chi connectivity index (χ0v) is 11.0. The van der Waals surface area contributed by atoms with E-state index in [1.54, 1.807) is 6.07 Å². The summed E-state index contributed by atoms with van der Waals surface area (Å²) in [5.74, 6) is -0.538. The Labute approximate surface area is 110 Å². The zero-order chi connectivity index (χ0) is 13.9. The molecule has 2 heterocycles. The van der Waals surface area contributed by atoms with Crippen molar-refractivity contribution in [3.63, 3.8) is 0 Å². The van der Waals surface area contributed by atoms with Crippen molar-refractivity contribution in [1.82, 2.24) is 15.2 Å². The molecule has 8 heteroatoms. The number of halogens is 1. The van der Waals surface area contributed by atoms with Gasteiger partial charge in [0.2, 0.25) is 0 Å². The predicted molar refractivity (Wildman–Crippen MR) is 67.6 cm³/mol. The van der Waals surface area contributed by atoms with Gasteiger partial charge in [-0.1, -0.05) is 13.3 Å². The van der Waals surface area contributed by atoms with E-state index in [4.69, 9.17) is 0 Å². The van der Waals surface area contributed by atoms with Crippen LogP contribution in [0, 0.1) is 5.82 Å². The fraction of sp³-hybridized carbons (Fsp3) is 0.273. The van der Waals surface area contributed by atoms with E-state index in [9.17, 15) is 12.8 Å². The topological polar surface area (TPSA) is 87.7 Å². The minimum atomic E-state index is -3.87. The van der Waals surface area contributed by atoms with E-state index in [2.05, 4.69) is 19.9 Å². The summed E-state index contributed by atoms with van der Waals surface area (Å²) in [5, 5.41) is 6.56. The van der Waals surface area contributed by atoms with E-state index in [-0.39, 0.29) is 10.7 Å². The smallest absolute Gasteiger partial charge is 0.264 e. The highest BCUT2D eigenvalue weighted by Gasteiger charge is 2.16. The summed E-state index contributed by atoms with van der Waals surface area (Å²) in [6.07, 6.45) is 3.70. The molecule has 0 aliphatic carbocycles. The highest BCUT2D eigenvalue weighted by molar-refractivity contribution is 7.92. The molecule has 2 rings (SSSR count). The van der Waals surface area contributed by atoms with Crippen molar-refractivity contribution in [3.8, 4) is 0 Å². The lowest BCUT2D eigenvalue weighted by Gasteiger charge is -2.04. The van der Waals surface area contributed by atoms with Gasteiger partial charge < -0.3 is 0 Å². The average molecular weight is 284 g/mol. The van der Waals surface area contributed by atoms with E-state index in [0.29, 0.717) is 0 Å². The number of aromatic nitrogens is 3. The number of anilines is 1. The first kappa shape index (κ1) is 13.5. The summed E-state index contributed by atoms with van der Waals surface area (Å²) >= 11 is 0. The molecule has 2 N–H and O–H groups in total. The molecule has 0 spiro atoms. The molecule has 19 heavy (non-hydrogen) atoms. The van der Waals surface area contributed by atoms with Crippen molar-refractivity contribution in [3.05, 3.63) is 36.0 Å². The van der Waals surface area contributed by atoms with Gasteiger partial charge in [0.05, 0.1) is 6.20 Å². The van der Waals surface area contributed by atoms with Gasteiger partial charge in [0, 0.05) is 18.0 Å². The fourth-order valence-corrected chi connectivity index (χ4v) is 2.51. The van der Waals surface area contributed by atoms with Crippen LogP contribution in [0.4, 0.5) is 10.2 Å². The van der Waals surface area contributed by atoms with Crippen LogP contribution >= 0.6 is 0 Å². The standard InChI is InChI=1S/C11H13FN4O2S/c1-2-3-9-5-11(15-14-9)16-19(17,18)10-4-8(12)6-13-7-10/h4-7H,2-3H2,1H3,(H2,14,15,16). The first-order valence-electron chi connectivity index (χ1n) is 5.69. The molecule has 0 aromatic carbocycles. The van der Waals surface area contributed by atoms with Crippen molar-refractivity contribution >= 4 is 15.8 Å². The normalized spacial score (nSPS) is 11.5. The second-order valence-corrected chi connectivity index (χ2v) is 5.66. The van der Waals surface area contributed by atoms with Gasteiger partial charge in [0.25, 0.3) is 10.0 Å². The van der Waals surface area contributed by atoms with Gasteiger partial charge in [-0.3, -0.25) is 14.8 Å². The maximum atomic E-state index is 13.0. The van der Waals surface area contributed by atoms with E-state index in [1.165, 1.54) is 0 Å². The maximum absolute atomic E-state index is 13.0. The Kier molecular flexibility index (Phi) is 3.79. The average Bonchev–Trinajstić information content (AvgIpc) is 2.76. The molecule has 0 saturated heterocycles. The number of nitrogens with one attached hydrogen (secondary N) is 2. The SMILES string of the molecule is CCCc1cc(NS(=O)(=O)c2cncc(F)c2)n[nH]1. The molecular weight excluding hydrogens is 271 g/mol. The minimum absolute atomic E-state index is 0.174. The third-order valence-electron chi connectivity index (χ3n) is 2.38. The molecule has 0 aliphatic heterocycles. The van der Waals surface area contributed by atoms with Crippen LogP contribution in [0.2, 0.25) is 0 Å². The monoisotopic (exact) mass is 284 g/mol. The number of pyridine rings is 1. The molecule has 0 aliphatic rings. The van der Waals surface area contributed by atoms with Crippen LogP contribution < -0.4 is 4.72 Å². The van der Waals surface area contributed by atoms with Gasteiger partial charge in [-0.15, -0.1) is 0 Å². The van der Waals surface area contributed by atoms with Gasteiger partial charge in [-0.2, -0.15) is 5.10 Å². The first-order valence-corrected chi connectivity index (χ1v) is 7.17. The summed E-state index contributed by atoms with van der Waals surface area (Å²) in [4.78, 5) is 3.26. The van der Waals surface area contributed by atoms with Crippen LogP contribution in [-0.4, -0.2) is 23.6 Å². The highest BCUT2D eigenvalue weighted by atomic mass is 32.2. The Morgan fingerprint density at radius 3 is 2.84 bits per heavy atom. The lowest BCUT2D eigenvalue weighted by molar-refractivity contribution is 0.592. The number of H-pyrrole nitrogens is 1. The van der Waals surface area contributed by atoms with Crippen LogP contribution in [0.5, 0.6) is 0 Å². The van der Waals surface area contributed by atoms with Crippen LogP contribution in [0.15, 0.2) is 29.4 Å². The molecule has 0 unspecified atom stereocenters. The second-order valence-electron chi connectivity index (χ2n) is 3.97. The third-order valence-corrected chi connectivity index (χ3v) is 3.70. The zero-order valence-electron chi connectivity index (χ0n) is 10.2. The molecule has 2 aromatic rings. The van der Waals surface area contributed by atoms with Crippen molar-refractivity contribution in [2.24, 2.45) is 0 Å². The van der Waals surface area contributed by atoms with Crippen LogP contribution in [0.25, 0.3) is 0 Å². The summed E-state index contributed by atoms with van der Waals surface area (Å²) in [6, 6.07) is 2.50. The number of sulfonamides is 1. The van der Waals surface area contributed by atoms with Crippen LogP contribution in [0.3, 0.4) is 0 Å². The number of aromatic amines is 1. The van der Waals surface area contributed by atoms with Gasteiger partial charge in [0.15, 0.2) is 5.82 Å². The molecule has 0 amide bonds. The lowest BCUT2D eigenvalue weighted by Crippen LogP contribution is -2.13. The van der Waals surface area contributed by atoms with Crippen molar-refractivity contribution in [2.75, 3.05) is 4.72 Å². The molecule has 0 saturated carbocycles. The molecule has 0 atom stereocenters. The van der Waals surface area contributed by atoms with Crippen molar-refractivity contribution in [1.29, 1.82) is 0 Å². The molecule has 0 bridgehead atoms. The van der Waals surface area contributed by atoms with E-state index < -0.39 is 15.8 Å². The number of hydrogen-bond donors (Lipinski definition) is 2. The molecule has 0 fully saturated rings. The highest BCUT2D eigenvalue weighted by Crippen LogP contribution is 2.15. The Balaban J connectivity index is 2.21. The second kappa shape index (κ2) is 5.35. The predicted octanol–water partition coefficient (Wildman–Crippen LogP) is 1.70. The van der Waals surface area contributed by atoms with Gasteiger partial charge in [-0.25, -0.2) is 12.8 Å². The van der Waals surface area contributed by atoms with E-state index in [0.717, 1.165) is 37.0 Å². The van der Waals surface area contributed by atoms with E-state index >= 15 is 0 Å². The maximum Gasteiger partial charge on any atom is 0.264 e. The van der Waals surface area contributed by atoms with Crippen LogP contribution in [-0.2, 0) is 16.4 Å². The number of nitrogens with zero attached hydrogens (tertiary/aromatic N) is 2. The Morgan fingerprint density at radius 1 is 1.37 bits per heavy atom. The Bertz CT molecular complexity index is 669. The quantitative estimate of drug-likeness (QED) is 0.874. The molecule has 0 radical (unpaired) electrons. The van der Waals surface area contributed by atoms with E-state index in [1.807, 2.05) is 6.92 Å². The largest absolute Gasteiger partial charge is 0.280 e. The number of hydrogen-bond acceptors (Lipinski definition) is 4. The number of aryl methyl sites for hydroxylation is 1. The summed E-state index contributed by atoms with van der Waals surface area (Å²) in [5.41, 5.74) is 0.831. The summed E-state index contributed by atoms with van der Waals surface area (Å²) in [7, 11) is -3.87. The van der Waals surface area contributed by atoms with Gasteiger partial charge in [0.1, 0.15) is 10.7 Å². The molecule has 2 aromatic heterocycles. The lowest BCUT2D eigenvalue weighted by atomic mass is 10.2. The fourth-order valence-electron chi connectivity index (χ4n) is 1.55. The summed E-state index contributed by atoms with van der Waals surface area (Å²) in [6.45, 7) is 2.00. The Morgan fingerprint density at radius 2 is 2.16 bits per heavy atom. The minimum Gasteiger partial charge on any atom is -0.280 e. The van der Waals surface area contributed by atoms with Gasteiger partial charge >= 0.3 is 0 Å². The van der Waals surface area contributed by atoms with Crippen molar-refractivity contribution in [2.45, 2.75) is 24.7 Å². The summed E-state index contributed by atoms with van der Waals surface area (Å²) < 4.78 is 39.1. The molecule has 102 valence electrons. The van der Waals surface area contributed by atoms with Crippen molar-refractivity contribution < 1.29 is 12.8 Å².